The first-order valence-electron chi connectivity index (χ1n) is 6.45. The summed E-state index contributed by atoms with van der Waals surface area (Å²) >= 11 is 3.30. The number of aliphatic hydroxyl groups is 2. The van der Waals surface area contributed by atoms with Crippen LogP contribution in [-0.4, -0.2) is 42.8 Å². The summed E-state index contributed by atoms with van der Waals surface area (Å²) in [4.78, 5) is 0. The van der Waals surface area contributed by atoms with Crippen LogP contribution in [0.15, 0.2) is 28.7 Å². The van der Waals surface area contributed by atoms with Gasteiger partial charge in [-0.2, -0.15) is 13.2 Å². The Kier molecular flexibility index (Phi) is 7.12. The van der Waals surface area contributed by atoms with Crippen molar-refractivity contribution in [2.24, 2.45) is 0 Å². The molecule has 0 amide bonds. The van der Waals surface area contributed by atoms with Crippen molar-refractivity contribution >= 4 is 15.9 Å². The lowest BCUT2D eigenvalue weighted by molar-refractivity contribution is -0.174. The first-order valence-corrected chi connectivity index (χ1v) is 7.24. The highest BCUT2D eigenvalue weighted by Crippen LogP contribution is 2.30. The summed E-state index contributed by atoms with van der Waals surface area (Å²) in [5.74, 6) is 0. The van der Waals surface area contributed by atoms with Crippen molar-refractivity contribution in [3.8, 4) is 0 Å². The predicted octanol–water partition coefficient (Wildman–Crippen LogP) is 3.03. The van der Waals surface area contributed by atoms with Crippen LogP contribution in [0.1, 0.15) is 18.4 Å². The number of rotatable bonds is 8. The van der Waals surface area contributed by atoms with Gasteiger partial charge in [-0.3, -0.25) is 0 Å². The molecule has 0 fully saturated rings. The Labute approximate surface area is 129 Å². The minimum absolute atomic E-state index is 0.0716. The fourth-order valence-corrected chi connectivity index (χ4v) is 2.30. The van der Waals surface area contributed by atoms with Crippen LogP contribution in [0.2, 0.25) is 0 Å². The molecule has 0 saturated heterocycles. The largest absolute Gasteiger partial charge is 0.411 e. The molecule has 21 heavy (non-hydrogen) atoms. The highest BCUT2D eigenvalue weighted by Gasteiger charge is 2.31. The van der Waals surface area contributed by atoms with Gasteiger partial charge in [-0.1, -0.05) is 28.1 Å². The second kappa shape index (κ2) is 8.12. The van der Waals surface area contributed by atoms with Gasteiger partial charge in [0.05, 0.1) is 13.2 Å². The van der Waals surface area contributed by atoms with Crippen LogP contribution in [-0.2, 0) is 10.2 Å². The van der Waals surface area contributed by atoms with E-state index in [9.17, 15) is 23.4 Å². The van der Waals surface area contributed by atoms with E-state index in [0.717, 1.165) is 10.0 Å². The monoisotopic (exact) mass is 370 g/mol. The molecule has 1 aromatic rings. The van der Waals surface area contributed by atoms with E-state index < -0.39 is 18.2 Å². The van der Waals surface area contributed by atoms with E-state index in [-0.39, 0.29) is 19.8 Å². The molecule has 0 radical (unpaired) electrons. The Morgan fingerprint density at radius 2 is 1.62 bits per heavy atom. The summed E-state index contributed by atoms with van der Waals surface area (Å²) < 4.78 is 41.2. The Morgan fingerprint density at radius 1 is 1.05 bits per heavy atom. The van der Waals surface area contributed by atoms with Gasteiger partial charge < -0.3 is 14.9 Å². The number of ether oxygens (including phenoxy) is 1. The molecule has 0 unspecified atom stereocenters. The second-order valence-electron chi connectivity index (χ2n) is 4.87. The van der Waals surface area contributed by atoms with Crippen molar-refractivity contribution in [2.45, 2.75) is 24.4 Å². The molecule has 120 valence electrons. The summed E-state index contributed by atoms with van der Waals surface area (Å²) in [6, 6.07) is 7.12. The molecule has 0 aromatic heterocycles. The topological polar surface area (TPSA) is 49.7 Å². The fraction of sp³-hybridized carbons (Fsp3) is 0.571. The molecular formula is C14H18BrF3O3. The first-order chi connectivity index (χ1) is 9.83. The van der Waals surface area contributed by atoms with E-state index in [1.54, 1.807) is 24.3 Å². The van der Waals surface area contributed by atoms with Gasteiger partial charge >= 0.3 is 6.18 Å². The van der Waals surface area contributed by atoms with Crippen molar-refractivity contribution in [3.63, 3.8) is 0 Å². The summed E-state index contributed by atoms with van der Waals surface area (Å²) in [6.07, 6.45) is -3.69. The van der Waals surface area contributed by atoms with Gasteiger partial charge in [0.1, 0.15) is 6.61 Å². The molecule has 3 nitrogen and oxygen atoms in total. The van der Waals surface area contributed by atoms with Crippen molar-refractivity contribution in [2.75, 3.05) is 26.4 Å². The van der Waals surface area contributed by atoms with Crippen LogP contribution in [0.5, 0.6) is 0 Å². The van der Waals surface area contributed by atoms with Gasteiger partial charge in [-0.05, 0) is 30.5 Å². The average molecular weight is 371 g/mol. The molecule has 0 aliphatic heterocycles. The van der Waals surface area contributed by atoms with Gasteiger partial charge in [0, 0.05) is 16.5 Å². The molecule has 1 rings (SSSR count). The Morgan fingerprint density at radius 3 is 2.10 bits per heavy atom. The first kappa shape index (κ1) is 18.4. The molecule has 7 heteroatoms. The molecule has 0 atom stereocenters. The van der Waals surface area contributed by atoms with E-state index >= 15 is 0 Å². The van der Waals surface area contributed by atoms with Crippen LogP contribution >= 0.6 is 15.9 Å². The van der Waals surface area contributed by atoms with E-state index in [0.29, 0.717) is 12.8 Å². The summed E-state index contributed by atoms with van der Waals surface area (Å²) in [5, 5.41) is 19.2. The molecule has 0 aliphatic rings. The fourth-order valence-electron chi connectivity index (χ4n) is 2.04. The highest BCUT2D eigenvalue weighted by molar-refractivity contribution is 9.10. The van der Waals surface area contributed by atoms with E-state index in [1.807, 2.05) is 0 Å². The molecular weight excluding hydrogens is 353 g/mol. The van der Waals surface area contributed by atoms with Crippen molar-refractivity contribution < 1.29 is 28.1 Å². The minimum atomic E-state index is -4.34. The third-order valence-electron chi connectivity index (χ3n) is 3.27. The number of halogens is 4. The Hall–Kier alpha value is -0.630. The van der Waals surface area contributed by atoms with Gasteiger partial charge in [-0.25, -0.2) is 0 Å². The standard InChI is InChI=1S/C14H18BrF3O3/c15-12-4-2-11(3-5-12)13(8-19,9-20)6-1-7-21-10-14(16,17)18/h2-5,19-20H,1,6-10H2. The zero-order valence-corrected chi connectivity index (χ0v) is 13.0. The lowest BCUT2D eigenvalue weighted by Gasteiger charge is -2.30. The number of benzene rings is 1. The van der Waals surface area contributed by atoms with Gasteiger partial charge in [0.2, 0.25) is 0 Å². The normalized spacial score (nSPS) is 12.7. The number of hydrogen-bond acceptors (Lipinski definition) is 3. The number of alkyl halides is 3. The maximum atomic E-state index is 11.9. The summed E-state index contributed by atoms with van der Waals surface area (Å²) in [6.45, 7) is -1.93. The van der Waals surface area contributed by atoms with Gasteiger partial charge in [-0.15, -0.1) is 0 Å². The lowest BCUT2D eigenvalue weighted by atomic mass is 9.78. The third kappa shape index (κ3) is 5.94. The molecule has 0 saturated carbocycles. The highest BCUT2D eigenvalue weighted by atomic mass is 79.9. The molecule has 1 aromatic carbocycles. The van der Waals surface area contributed by atoms with Gasteiger partial charge in [0.15, 0.2) is 0 Å². The van der Waals surface area contributed by atoms with Crippen molar-refractivity contribution in [3.05, 3.63) is 34.3 Å². The van der Waals surface area contributed by atoms with Crippen molar-refractivity contribution in [1.82, 2.24) is 0 Å². The smallest absolute Gasteiger partial charge is 0.395 e. The number of hydrogen-bond donors (Lipinski definition) is 2. The van der Waals surface area contributed by atoms with Crippen LogP contribution in [0.25, 0.3) is 0 Å². The zero-order valence-electron chi connectivity index (χ0n) is 11.4. The molecule has 0 aliphatic carbocycles. The molecule has 0 heterocycles. The molecule has 2 N–H and O–H groups in total. The second-order valence-corrected chi connectivity index (χ2v) is 5.79. The minimum Gasteiger partial charge on any atom is -0.395 e. The molecule has 0 bridgehead atoms. The average Bonchev–Trinajstić information content (AvgIpc) is 2.43. The van der Waals surface area contributed by atoms with Crippen LogP contribution < -0.4 is 0 Å². The third-order valence-corrected chi connectivity index (χ3v) is 3.80. The Bertz CT molecular complexity index is 416. The maximum Gasteiger partial charge on any atom is 0.411 e. The number of aliphatic hydroxyl groups excluding tert-OH is 2. The van der Waals surface area contributed by atoms with Crippen LogP contribution in [0.4, 0.5) is 13.2 Å². The van der Waals surface area contributed by atoms with Crippen LogP contribution in [0, 0.1) is 0 Å². The Balaban J connectivity index is 2.59. The van der Waals surface area contributed by atoms with E-state index in [1.165, 1.54) is 0 Å². The quantitative estimate of drug-likeness (QED) is 0.691. The van der Waals surface area contributed by atoms with E-state index in [4.69, 9.17) is 0 Å². The van der Waals surface area contributed by atoms with Crippen molar-refractivity contribution in [1.29, 1.82) is 0 Å². The van der Waals surface area contributed by atoms with Crippen LogP contribution in [0.3, 0.4) is 0 Å². The van der Waals surface area contributed by atoms with Gasteiger partial charge in [0.25, 0.3) is 0 Å². The summed E-state index contributed by atoms with van der Waals surface area (Å²) in [5.41, 5.74) is -0.131. The molecule has 0 spiro atoms. The SMILES string of the molecule is OCC(CO)(CCCOCC(F)(F)F)c1ccc(Br)cc1. The summed E-state index contributed by atoms with van der Waals surface area (Å²) in [7, 11) is 0. The lowest BCUT2D eigenvalue weighted by Crippen LogP contribution is -2.35. The zero-order chi connectivity index (χ0) is 15.9. The maximum absolute atomic E-state index is 11.9. The predicted molar refractivity (Wildman–Crippen MR) is 76.1 cm³/mol. The van der Waals surface area contributed by atoms with E-state index in [2.05, 4.69) is 20.7 Å².